The molecule has 0 spiro atoms. The van der Waals surface area contributed by atoms with Gasteiger partial charge in [0.15, 0.2) is 11.5 Å². The average molecular weight is 392 g/mol. The maximum absolute atomic E-state index is 11.0. The van der Waals surface area contributed by atoms with Crippen molar-refractivity contribution in [3.8, 4) is 11.5 Å². The summed E-state index contributed by atoms with van der Waals surface area (Å²) in [5, 5.41) is 15.0. The summed E-state index contributed by atoms with van der Waals surface area (Å²) in [5.41, 5.74) is 5.43. The van der Waals surface area contributed by atoms with Crippen molar-refractivity contribution in [3.05, 3.63) is 87.6 Å². The highest BCUT2D eigenvalue weighted by Gasteiger charge is 2.13. The first kappa shape index (κ1) is 19.8. The lowest BCUT2D eigenvalue weighted by molar-refractivity contribution is -0.384. The van der Waals surface area contributed by atoms with E-state index < -0.39 is 4.92 Å². The number of aromatic nitrogens is 1. The van der Waals surface area contributed by atoms with Crippen molar-refractivity contribution in [1.82, 2.24) is 4.98 Å². The van der Waals surface area contributed by atoms with Crippen LogP contribution in [0.1, 0.15) is 16.7 Å². The second-order valence-corrected chi connectivity index (χ2v) is 6.18. The molecule has 0 aliphatic heterocycles. The van der Waals surface area contributed by atoms with Crippen molar-refractivity contribution in [2.24, 2.45) is 5.10 Å². The molecule has 1 aromatic heterocycles. The first-order chi connectivity index (χ1) is 14.1. The Bertz CT molecular complexity index is 1020. The molecule has 0 saturated carbocycles. The van der Waals surface area contributed by atoms with Gasteiger partial charge in [0.2, 0.25) is 5.82 Å². The van der Waals surface area contributed by atoms with Crippen LogP contribution in [-0.4, -0.2) is 23.2 Å². The molecule has 8 nitrogen and oxygen atoms in total. The summed E-state index contributed by atoms with van der Waals surface area (Å²) in [7, 11) is 1.56. The highest BCUT2D eigenvalue weighted by atomic mass is 16.6. The molecule has 0 saturated heterocycles. The number of nitrogens with one attached hydrogen (secondary N) is 1. The molecule has 0 aliphatic carbocycles. The van der Waals surface area contributed by atoms with Gasteiger partial charge in [-0.05, 0) is 42.3 Å². The minimum Gasteiger partial charge on any atom is -0.493 e. The van der Waals surface area contributed by atoms with Crippen LogP contribution in [0.15, 0.2) is 65.9 Å². The number of hydrogen-bond donors (Lipinski definition) is 1. The van der Waals surface area contributed by atoms with Gasteiger partial charge < -0.3 is 9.47 Å². The average Bonchev–Trinajstić information content (AvgIpc) is 2.74. The van der Waals surface area contributed by atoms with E-state index in [0.29, 0.717) is 18.1 Å². The van der Waals surface area contributed by atoms with Gasteiger partial charge in [0.25, 0.3) is 0 Å². The minimum atomic E-state index is -0.520. The molecule has 1 heterocycles. The predicted molar refractivity (Wildman–Crippen MR) is 111 cm³/mol. The number of hydrogen-bond acceptors (Lipinski definition) is 7. The third kappa shape index (κ3) is 5.29. The Labute approximate surface area is 168 Å². The van der Waals surface area contributed by atoms with Gasteiger partial charge in [0.05, 0.1) is 18.2 Å². The molecule has 0 aliphatic rings. The Morgan fingerprint density at radius 2 is 1.97 bits per heavy atom. The third-order valence-electron chi connectivity index (χ3n) is 4.07. The molecule has 0 fully saturated rings. The highest BCUT2D eigenvalue weighted by Crippen LogP contribution is 2.28. The topological polar surface area (TPSA) is 98.9 Å². The largest absolute Gasteiger partial charge is 0.493 e. The van der Waals surface area contributed by atoms with Gasteiger partial charge in [0, 0.05) is 12.3 Å². The van der Waals surface area contributed by atoms with Crippen LogP contribution in [0.25, 0.3) is 0 Å². The highest BCUT2D eigenvalue weighted by molar-refractivity contribution is 5.81. The maximum atomic E-state index is 11.0. The number of hydrazone groups is 1. The summed E-state index contributed by atoms with van der Waals surface area (Å²) < 4.78 is 11.3. The van der Waals surface area contributed by atoms with E-state index in [4.69, 9.17) is 9.47 Å². The zero-order valence-electron chi connectivity index (χ0n) is 16.0. The van der Waals surface area contributed by atoms with Gasteiger partial charge in [0.1, 0.15) is 6.61 Å². The van der Waals surface area contributed by atoms with Gasteiger partial charge in [-0.1, -0.05) is 29.8 Å². The number of methoxy groups -OCH3 is 1. The molecule has 2 aromatic carbocycles. The SMILES string of the molecule is COc1cc(/C=N\Nc2ncccc2[N+](=O)[O-])ccc1OCc1ccc(C)cc1. The van der Waals surface area contributed by atoms with Crippen LogP contribution in [0.2, 0.25) is 0 Å². The lowest BCUT2D eigenvalue weighted by atomic mass is 10.2. The molecule has 0 unspecified atom stereocenters. The summed E-state index contributed by atoms with van der Waals surface area (Å²) in [5.74, 6) is 1.24. The number of ether oxygens (including phenoxy) is 2. The smallest absolute Gasteiger partial charge is 0.313 e. The molecule has 29 heavy (non-hydrogen) atoms. The molecular weight excluding hydrogens is 372 g/mol. The number of nitro groups is 1. The van der Waals surface area contributed by atoms with Gasteiger partial charge in [-0.25, -0.2) is 4.98 Å². The first-order valence-corrected chi connectivity index (χ1v) is 8.81. The summed E-state index contributed by atoms with van der Waals surface area (Å²) in [4.78, 5) is 14.4. The lowest BCUT2D eigenvalue weighted by Gasteiger charge is -2.11. The van der Waals surface area contributed by atoms with Crippen molar-refractivity contribution in [1.29, 1.82) is 0 Å². The molecule has 0 amide bonds. The van der Waals surface area contributed by atoms with Gasteiger partial charge >= 0.3 is 5.69 Å². The summed E-state index contributed by atoms with van der Waals surface area (Å²) >= 11 is 0. The van der Waals surface area contributed by atoms with Gasteiger partial charge in [-0.15, -0.1) is 0 Å². The Morgan fingerprint density at radius 3 is 2.69 bits per heavy atom. The summed E-state index contributed by atoms with van der Waals surface area (Å²) in [6.45, 7) is 2.46. The molecule has 0 radical (unpaired) electrons. The molecule has 1 N–H and O–H groups in total. The molecule has 3 rings (SSSR count). The second kappa shape index (κ2) is 9.32. The second-order valence-electron chi connectivity index (χ2n) is 6.18. The predicted octanol–water partition coefficient (Wildman–Crippen LogP) is 4.33. The summed E-state index contributed by atoms with van der Waals surface area (Å²) in [6, 6.07) is 16.3. The van der Waals surface area contributed by atoms with Crippen LogP contribution in [0.3, 0.4) is 0 Å². The number of nitrogens with zero attached hydrogens (tertiary/aromatic N) is 3. The van der Waals surface area contributed by atoms with Crippen molar-refractivity contribution in [2.75, 3.05) is 12.5 Å². The zero-order valence-corrected chi connectivity index (χ0v) is 16.0. The van der Waals surface area contributed by atoms with E-state index in [1.54, 1.807) is 19.2 Å². The van der Waals surface area contributed by atoms with E-state index in [0.717, 1.165) is 11.1 Å². The number of anilines is 1. The van der Waals surface area contributed by atoms with Crippen LogP contribution in [0.4, 0.5) is 11.5 Å². The standard InChI is InChI=1S/C21H20N4O4/c1-15-5-7-16(8-6-15)14-29-19-10-9-17(12-20(19)28-2)13-23-24-21-18(25(26)27)4-3-11-22-21/h3-13H,14H2,1-2H3,(H,22,24)/b23-13-. The number of benzene rings is 2. The van der Waals surface area contributed by atoms with E-state index in [-0.39, 0.29) is 11.5 Å². The Balaban J connectivity index is 1.67. The Kier molecular flexibility index (Phi) is 6.36. The van der Waals surface area contributed by atoms with Crippen molar-refractivity contribution >= 4 is 17.7 Å². The van der Waals surface area contributed by atoms with Gasteiger partial charge in [-0.3, -0.25) is 15.5 Å². The fraction of sp³-hybridized carbons (Fsp3) is 0.143. The van der Waals surface area contributed by atoms with E-state index in [2.05, 4.69) is 15.5 Å². The monoisotopic (exact) mass is 392 g/mol. The molecule has 3 aromatic rings. The normalized spacial score (nSPS) is 10.7. The first-order valence-electron chi connectivity index (χ1n) is 8.81. The lowest BCUT2D eigenvalue weighted by Crippen LogP contribution is -2.00. The van der Waals surface area contributed by atoms with E-state index in [1.807, 2.05) is 37.3 Å². The fourth-order valence-electron chi connectivity index (χ4n) is 2.53. The van der Waals surface area contributed by atoms with Crippen LogP contribution in [0.5, 0.6) is 11.5 Å². The van der Waals surface area contributed by atoms with Crippen LogP contribution >= 0.6 is 0 Å². The molecular formula is C21H20N4O4. The number of aryl methyl sites for hydroxylation is 1. The number of rotatable bonds is 8. The molecule has 0 bridgehead atoms. The van der Waals surface area contributed by atoms with Gasteiger partial charge in [-0.2, -0.15) is 5.10 Å². The molecule has 148 valence electrons. The van der Waals surface area contributed by atoms with Crippen LogP contribution in [0, 0.1) is 17.0 Å². The van der Waals surface area contributed by atoms with Crippen molar-refractivity contribution in [3.63, 3.8) is 0 Å². The van der Waals surface area contributed by atoms with Crippen molar-refractivity contribution < 1.29 is 14.4 Å². The number of pyridine rings is 1. The minimum absolute atomic E-state index is 0.0683. The third-order valence-corrected chi connectivity index (χ3v) is 4.07. The van der Waals surface area contributed by atoms with Crippen LogP contribution < -0.4 is 14.9 Å². The molecule has 0 atom stereocenters. The van der Waals surface area contributed by atoms with E-state index in [9.17, 15) is 10.1 Å². The van der Waals surface area contributed by atoms with Crippen molar-refractivity contribution in [2.45, 2.75) is 13.5 Å². The maximum Gasteiger partial charge on any atom is 0.313 e. The quantitative estimate of drug-likeness (QED) is 0.348. The Morgan fingerprint density at radius 1 is 1.17 bits per heavy atom. The van der Waals surface area contributed by atoms with Crippen LogP contribution in [-0.2, 0) is 6.61 Å². The fourth-order valence-corrected chi connectivity index (χ4v) is 2.53. The zero-order chi connectivity index (χ0) is 20.6. The Hall–Kier alpha value is -3.94. The summed E-state index contributed by atoms with van der Waals surface area (Å²) in [6.07, 6.45) is 2.97. The van der Waals surface area contributed by atoms with E-state index >= 15 is 0 Å². The van der Waals surface area contributed by atoms with E-state index in [1.165, 1.54) is 30.1 Å². The molecule has 8 heteroatoms.